The highest BCUT2D eigenvalue weighted by Crippen LogP contribution is 2.32. The SMILES string of the molecule is O=C(COc1ccc2ccccc2c1Br)NNC(=S)Nc1ccccc1. The van der Waals surface area contributed by atoms with Gasteiger partial charge in [-0.3, -0.25) is 15.6 Å². The van der Waals surface area contributed by atoms with Gasteiger partial charge in [0.25, 0.3) is 5.91 Å². The van der Waals surface area contributed by atoms with E-state index < -0.39 is 0 Å². The number of nitrogens with one attached hydrogen (secondary N) is 3. The lowest BCUT2D eigenvalue weighted by Crippen LogP contribution is -2.45. The molecule has 0 aliphatic carbocycles. The van der Waals surface area contributed by atoms with Crippen molar-refractivity contribution in [2.75, 3.05) is 11.9 Å². The van der Waals surface area contributed by atoms with Gasteiger partial charge in [-0.25, -0.2) is 0 Å². The molecule has 132 valence electrons. The normalized spacial score (nSPS) is 10.2. The molecule has 7 heteroatoms. The summed E-state index contributed by atoms with van der Waals surface area (Å²) < 4.78 is 6.41. The molecule has 0 heterocycles. The molecule has 26 heavy (non-hydrogen) atoms. The Bertz CT molecular complexity index is 934. The minimum absolute atomic E-state index is 0.141. The number of rotatable bonds is 4. The van der Waals surface area contributed by atoms with Crippen LogP contribution in [0.25, 0.3) is 10.8 Å². The predicted molar refractivity (Wildman–Crippen MR) is 111 cm³/mol. The van der Waals surface area contributed by atoms with Crippen LogP contribution in [0.3, 0.4) is 0 Å². The zero-order chi connectivity index (χ0) is 18.4. The van der Waals surface area contributed by atoms with Gasteiger partial charge in [-0.1, -0.05) is 48.5 Å². The quantitative estimate of drug-likeness (QED) is 0.432. The van der Waals surface area contributed by atoms with E-state index in [2.05, 4.69) is 32.1 Å². The predicted octanol–water partition coefficient (Wildman–Crippen LogP) is 4.00. The lowest BCUT2D eigenvalue weighted by atomic mass is 10.1. The number of amides is 1. The first-order valence-electron chi connectivity index (χ1n) is 7.84. The number of fused-ring (bicyclic) bond motifs is 1. The molecule has 3 aromatic carbocycles. The molecule has 0 unspecified atom stereocenters. The van der Waals surface area contributed by atoms with Crippen molar-refractivity contribution in [3.05, 3.63) is 71.2 Å². The maximum atomic E-state index is 11.9. The Balaban J connectivity index is 1.50. The van der Waals surface area contributed by atoms with Gasteiger partial charge >= 0.3 is 0 Å². The van der Waals surface area contributed by atoms with Crippen molar-refractivity contribution >= 4 is 55.6 Å². The summed E-state index contributed by atoms with van der Waals surface area (Å²) in [6.07, 6.45) is 0. The minimum Gasteiger partial charge on any atom is -0.483 e. The number of para-hydroxylation sites is 1. The number of benzene rings is 3. The Kier molecular flexibility index (Phi) is 6.04. The second kappa shape index (κ2) is 8.64. The van der Waals surface area contributed by atoms with Crippen LogP contribution in [-0.4, -0.2) is 17.6 Å². The van der Waals surface area contributed by atoms with Crippen molar-refractivity contribution in [1.82, 2.24) is 10.9 Å². The van der Waals surface area contributed by atoms with Gasteiger partial charge in [-0.2, -0.15) is 0 Å². The molecule has 0 spiro atoms. The number of carbonyl (C=O) groups excluding carboxylic acids is 1. The number of anilines is 1. The zero-order valence-electron chi connectivity index (χ0n) is 13.7. The topological polar surface area (TPSA) is 62.4 Å². The number of thiocarbonyl (C=S) groups is 1. The molecule has 0 aliphatic heterocycles. The van der Waals surface area contributed by atoms with E-state index >= 15 is 0 Å². The number of carbonyl (C=O) groups is 1. The van der Waals surface area contributed by atoms with Crippen molar-refractivity contribution in [3.8, 4) is 5.75 Å². The van der Waals surface area contributed by atoms with E-state index in [-0.39, 0.29) is 17.6 Å². The van der Waals surface area contributed by atoms with Gasteiger partial charge < -0.3 is 10.1 Å². The number of ether oxygens (including phenoxy) is 1. The summed E-state index contributed by atoms with van der Waals surface area (Å²) in [5.74, 6) is 0.256. The van der Waals surface area contributed by atoms with Crippen LogP contribution in [0.2, 0.25) is 0 Å². The van der Waals surface area contributed by atoms with Gasteiger partial charge in [0, 0.05) is 5.69 Å². The molecule has 0 saturated carbocycles. The second-order valence-electron chi connectivity index (χ2n) is 5.38. The molecule has 0 saturated heterocycles. The molecule has 0 aromatic heterocycles. The maximum absolute atomic E-state index is 11.9. The second-order valence-corrected chi connectivity index (χ2v) is 6.58. The summed E-state index contributed by atoms with van der Waals surface area (Å²) in [5, 5.41) is 5.36. The summed E-state index contributed by atoms with van der Waals surface area (Å²) in [7, 11) is 0. The molecular weight excluding hydrogens is 414 g/mol. The first kappa shape index (κ1) is 18.2. The van der Waals surface area contributed by atoms with Crippen LogP contribution in [0.5, 0.6) is 5.75 Å². The molecule has 3 rings (SSSR count). The van der Waals surface area contributed by atoms with E-state index in [1.54, 1.807) is 0 Å². The summed E-state index contributed by atoms with van der Waals surface area (Å²) in [5.41, 5.74) is 5.97. The van der Waals surface area contributed by atoms with Gasteiger partial charge in [0.05, 0.1) is 4.47 Å². The third-order valence-electron chi connectivity index (χ3n) is 3.53. The van der Waals surface area contributed by atoms with Crippen molar-refractivity contribution < 1.29 is 9.53 Å². The first-order chi connectivity index (χ1) is 12.6. The highest BCUT2D eigenvalue weighted by Gasteiger charge is 2.09. The third kappa shape index (κ3) is 4.71. The highest BCUT2D eigenvalue weighted by molar-refractivity contribution is 9.10. The fraction of sp³-hybridized carbons (Fsp3) is 0.0526. The van der Waals surface area contributed by atoms with E-state index in [4.69, 9.17) is 17.0 Å². The fourth-order valence-electron chi connectivity index (χ4n) is 2.31. The Hall–Kier alpha value is -2.64. The first-order valence-corrected chi connectivity index (χ1v) is 9.04. The molecular formula is C19H16BrN3O2S. The van der Waals surface area contributed by atoms with Crippen molar-refractivity contribution in [2.45, 2.75) is 0 Å². The molecule has 0 bridgehead atoms. The molecule has 0 aliphatic rings. The minimum atomic E-state index is -0.345. The van der Waals surface area contributed by atoms with Crippen LogP contribution in [0.15, 0.2) is 71.2 Å². The molecule has 3 N–H and O–H groups in total. The summed E-state index contributed by atoms with van der Waals surface area (Å²) in [6, 6.07) is 21.1. The Morgan fingerprint density at radius 2 is 1.69 bits per heavy atom. The monoisotopic (exact) mass is 429 g/mol. The van der Waals surface area contributed by atoms with Gasteiger partial charge in [-0.15, -0.1) is 0 Å². The number of halogens is 1. The van der Waals surface area contributed by atoms with Crippen molar-refractivity contribution in [1.29, 1.82) is 0 Å². The Morgan fingerprint density at radius 1 is 0.962 bits per heavy atom. The fourth-order valence-corrected chi connectivity index (χ4v) is 3.09. The third-order valence-corrected chi connectivity index (χ3v) is 4.56. The molecule has 0 atom stereocenters. The van der Waals surface area contributed by atoms with Gasteiger partial charge in [-0.05, 0) is 57.1 Å². The van der Waals surface area contributed by atoms with E-state index in [0.29, 0.717) is 5.75 Å². The smallest absolute Gasteiger partial charge is 0.276 e. The summed E-state index contributed by atoms with van der Waals surface area (Å²) in [4.78, 5) is 11.9. The van der Waals surface area contributed by atoms with Crippen LogP contribution >= 0.6 is 28.1 Å². The summed E-state index contributed by atoms with van der Waals surface area (Å²) >= 11 is 8.65. The highest BCUT2D eigenvalue weighted by atomic mass is 79.9. The standard InChI is InChI=1S/C19H16BrN3O2S/c20-18-15-9-5-4-6-13(15)10-11-16(18)25-12-17(24)22-23-19(26)21-14-7-2-1-3-8-14/h1-11H,12H2,(H,22,24)(H2,21,23,26). The molecule has 3 aromatic rings. The van der Waals surface area contributed by atoms with Crippen LogP contribution < -0.4 is 20.9 Å². The largest absolute Gasteiger partial charge is 0.483 e. The molecule has 0 fully saturated rings. The number of hydrogen-bond donors (Lipinski definition) is 3. The average Bonchev–Trinajstić information content (AvgIpc) is 2.67. The van der Waals surface area contributed by atoms with Crippen molar-refractivity contribution in [2.24, 2.45) is 0 Å². The Morgan fingerprint density at radius 3 is 2.50 bits per heavy atom. The number of hydrogen-bond acceptors (Lipinski definition) is 3. The number of hydrazine groups is 1. The van der Waals surface area contributed by atoms with E-state index in [9.17, 15) is 4.79 Å². The van der Waals surface area contributed by atoms with Gasteiger partial charge in [0.1, 0.15) is 5.75 Å². The van der Waals surface area contributed by atoms with E-state index in [0.717, 1.165) is 20.9 Å². The Labute approximate surface area is 164 Å². The molecule has 0 radical (unpaired) electrons. The lowest BCUT2D eigenvalue weighted by molar-refractivity contribution is -0.123. The van der Waals surface area contributed by atoms with Gasteiger partial charge in [0.2, 0.25) is 0 Å². The van der Waals surface area contributed by atoms with Crippen LogP contribution in [-0.2, 0) is 4.79 Å². The lowest BCUT2D eigenvalue weighted by Gasteiger charge is -2.13. The molecule has 5 nitrogen and oxygen atoms in total. The summed E-state index contributed by atoms with van der Waals surface area (Å²) in [6.45, 7) is -0.141. The van der Waals surface area contributed by atoms with E-state index in [1.807, 2.05) is 66.7 Å². The molecule has 1 amide bonds. The van der Waals surface area contributed by atoms with Crippen LogP contribution in [0.1, 0.15) is 0 Å². The van der Waals surface area contributed by atoms with Crippen molar-refractivity contribution in [3.63, 3.8) is 0 Å². The average molecular weight is 430 g/mol. The van der Waals surface area contributed by atoms with Crippen LogP contribution in [0.4, 0.5) is 5.69 Å². The van der Waals surface area contributed by atoms with E-state index in [1.165, 1.54) is 0 Å². The van der Waals surface area contributed by atoms with Crippen LogP contribution in [0, 0.1) is 0 Å². The van der Waals surface area contributed by atoms with Gasteiger partial charge in [0.15, 0.2) is 11.7 Å². The maximum Gasteiger partial charge on any atom is 0.276 e. The zero-order valence-corrected chi connectivity index (χ0v) is 16.1.